The lowest BCUT2D eigenvalue weighted by Crippen LogP contribution is -2.47. The van der Waals surface area contributed by atoms with Crippen LogP contribution in [0.15, 0.2) is 42.6 Å². The maximum atomic E-state index is 13.5. The molecule has 3 aromatic rings. The maximum Gasteiger partial charge on any atom is 0.406 e. The van der Waals surface area contributed by atoms with E-state index in [2.05, 4.69) is 52.3 Å². The number of likely N-dealkylation sites (N-methyl/N-ethyl adjacent to an activating group) is 1. The Labute approximate surface area is 263 Å². The van der Waals surface area contributed by atoms with Crippen molar-refractivity contribution >= 4 is 22.5 Å². The first-order valence-corrected chi connectivity index (χ1v) is 15.5. The first-order chi connectivity index (χ1) is 21.4. The molecule has 0 saturated carbocycles. The van der Waals surface area contributed by atoms with Gasteiger partial charge in [-0.1, -0.05) is 25.8 Å². The number of piperidine rings is 1. The van der Waals surface area contributed by atoms with Gasteiger partial charge in [0.1, 0.15) is 6.54 Å². The number of alkyl halides is 3. The molecule has 1 fully saturated rings. The fraction of sp³-hybridized carbons (Fsp3) is 0.500. The summed E-state index contributed by atoms with van der Waals surface area (Å²) < 4.78 is 41.8. The minimum absolute atomic E-state index is 0.174. The number of carbonyl (C=O) groups is 1. The summed E-state index contributed by atoms with van der Waals surface area (Å²) >= 11 is 0. The van der Waals surface area contributed by atoms with Gasteiger partial charge >= 0.3 is 6.18 Å². The number of benzene rings is 1. The van der Waals surface area contributed by atoms with Crippen LogP contribution in [0.1, 0.15) is 57.5 Å². The zero-order valence-corrected chi connectivity index (χ0v) is 26.5. The lowest BCUT2D eigenvalue weighted by Gasteiger charge is -2.33. The predicted octanol–water partition coefficient (Wildman–Crippen LogP) is 5.29. The fourth-order valence-corrected chi connectivity index (χ4v) is 5.42. The summed E-state index contributed by atoms with van der Waals surface area (Å²) in [5.41, 5.74) is 2.39. The van der Waals surface area contributed by atoms with Crippen molar-refractivity contribution in [3.8, 4) is 17.9 Å². The lowest BCUT2D eigenvalue weighted by atomic mass is 9.91. The van der Waals surface area contributed by atoms with E-state index in [0.29, 0.717) is 41.1 Å². The Balaban J connectivity index is 1.38. The standard InChI is InChI=1S/C34H42F3N7O/c1-5-42(6-2)22-32(45)43-16-13-27(14-17-43)40-20-25-9-11-30-26(18-25)19-29(44(30)24-34(35,36)37)8-7-15-39-28-10-12-31(41-21-28)33(3,4)23-38/h9-12,18-19,21,27,39-40H,5-6,13-17,20,22,24H2,1-4H3. The molecule has 240 valence electrons. The zero-order valence-electron chi connectivity index (χ0n) is 26.5. The molecule has 45 heavy (non-hydrogen) atoms. The molecule has 2 aromatic heterocycles. The van der Waals surface area contributed by atoms with E-state index in [1.165, 1.54) is 4.57 Å². The quantitative estimate of drug-likeness (QED) is 0.283. The summed E-state index contributed by atoms with van der Waals surface area (Å²) in [6.07, 6.45) is -1.06. The van der Waals surface area contributed by atoms with E-state index >= 15 is 0 Å². The van der Waals surface area contributed by atoms with Crippen molar-refractivity contribution in [2.75, 3.05) is 44.6 Å². The van der Waals surface area contributed by atoms with Crippen molar-refractivity contribution in [1.29, 1.82) is 5.26 Å². The molecule has 3 heterocycles. The number of likely N-dealkylation sites (tertiary alicyclic amines) is 1. The summed E-state index contributed by atoms with van der Waals surface area (Å²) in [5.74, 6) is 6.02. The molecule has 1 amide bonds. The number of halogens is 3. The number of nitrogens with one attached hydrogen (secondary N) is 2. The van der Waals surface area contributed by atoms with Crippen molar-refractivity contribution in [2.24, 2.45) is 0 Å². The fourth-order valence-electron chi connectivity index (χ4n) is 5.42. The van der Waals surface area contributed by atoms with Crippen LogP contribution in [0.4, 0.5) is 18.9 Å². The Morgan fingerprint density at radius 1 is 1.11 bits per heavy atom. The Hall–Kier alpha value is -4.06. The average molecular weight is 622 g/mol. The molecule has 11 heteroatoms. The van der Waals surface area contributed by atoms with Crippen LogP contribution in [0.5, 0.6) is 0 Å². The van der Waals surface area contributed by atoms with Gasteiger partial charge in [-0.05, 0) is 81.6 Å². The summed E-state index contributed by atoms with van der Waals surface area (Å²) in [7, 11) is 0. The van der Waals surface area contributed by atoms with Crippen molar-refractivity contribution in [1.82, 2.24) is 24.7 Å². The van der Waals surface area contributed by atoms with E-state index < -0.39 is 18.1 Å². The van der Waals surface area contributed by atoms with Crippen molar-refractivity contribution in [3.63, 3.8) is 0 Å². The number of hydrogen-bond acceptors (Lipinski definition) is 6. The maximum absolute atomic E-state index is 13.5. The molecule has 8 nitrogen and oxygen atoms in total. The van der Waals surface area contributed by atoms with Crippen LogP contribution in [0.3, 0.4) is 0 Å². The number of amides is 1. The molecular weight excluding hydrogens is 579 g/mol. The van der Waals surface area contributed by atoms with Gasteiger partial charge in [0.2, 0.25) is 5.91 Å². The molecule has 1 saturated heterocycles. The molecule has 1 aromatic carbocycles. The number of hydrogen-bond donors (Lipinski definition) is 2. The van der Waals surface area contributed by atoms with E-state index in [1.807, 2.05) is 17.0 Å². The zero-order chi connectivity index (χ0) is 32.6. The Kier molecular flexibility index (Phi) is 11.1. The van der Waals surface area contributed by atoms with Gasteiger partial charge in [0, 0.05) is 36.6 Å². The summed E-state index contributed by atoms with van der Waals surface area (Å²) in [4.78, 5) is 21.0. The molecular formula is C34H42F3N7O. The highest BCUT2D eigenvalue weighted by Gasteiger charge is 2.30. The number of pyridine rings is 1. The minimum Gasteiger partial charge on any atom is -0.373 e. The van der Waals surface area contributed by atoms with Crippen LogP contribution in [-0.2, 0) is 23.3 Å². The van der Waals surface area contributed by atoms with Crippen LogP contribution in [0.2, 0.25) is 0 Å². The summed E-state index contributed by atoms with van der Waals surface area (Å²) in [6, 6.07) is 13.3. The molecule has 0 spiro atoms. The van der Waals surface area contributed by atoms with Gasteiger partial charge in [-0.25, -0.2) is 0 Å². The number of nitriles is 1. The second kappa shape index (κ2) is 14.8. The number of carbonyl (C=O) groups excluding carboxylic acids is 1. The third-order valence-corrected chi connectivity index (χ3v) is 8.28. The number of aromatic nitrogens is 2. The van der Waals surface area contributed by atoms with Gasteiger partial charge in [-0.2, -0.15) is 18.4 Å². The normalized spacial score (nSPS) is 14.3. The van der Waals surface area contributed by atoms with Gasteiger partial charge in [0.05, 0.1) is 47.8 Å². The lowest BCUT2D eigenvalue weighted by molar-refractivity contribution is -0.140. The van der Waals surface area contributed by atoms with Gasteiger partial charge in [-0.15, -0.1) is 0 Å². The largest absolute Gasteiger partial charge is 0.406 e. The second-order valence-electron chi connectivity index (χ2n) is 11.9. The van der Waals surface area contributed by atoms with Crippen molar-refractivity contribution in [3.05, 3.63) is 59.5 Å². The number of anilines is 1. The monoisotopic (exact) mass is 621 g/mol. The molecule has 2 N–H and O–H groups in total. The third-order valence-electron chi connectivity index (χ3n) is 8.28. The highest BCUT2D eigenvalue weighted by atomic mass is 19.4. The summed E-state index contributed by atoms with van der Waals surface area (Å²) in [5, 5.41) is 16.7. The number of fused-ring (bicyclic) bond motifs is 1. The van der Waals surface area contributed by atoms with Gasteiger partial charge in [0.15, 0.2) is 0 Å². The first kappa shape index (κ1) is 33.8. The van der Waals surface area contributed by atoms with Crippen molar-refractivity contribution in [2.45, 2.75) is 71.3 Å². The van der Waals surface area contributed by atoms with E-state index in [0.717, 1.165) is 44.6 Å². The van der Waals surface area contributed by atoms with Crippen LogP contribution in [-0.4, -0.2) is 76.7 Å². The SMILES string of the molecule is CCN(CC)CC(=O)N1CCC(NCc2ccc3c(c2)cc(C#CCNc2ccc(C(C)(C)C#N)nc2)n3CC(F)(F)F)CC1. The number of rotatable bonds is 11. The summed E-state index contributed by atoms with van der Waals surface area (Å²) in [6.45, 7) is 11.0. The molecule has 0 aliphatic carbocycles. The van der Waals surface area contributed by atoms with Crippen LogP contribution >= 0.6 is 0 Å². The highest BCUT2D eigenvalue weighted by Crippen LogP contribution is 2.27. The Bertz CT molecular complexity index is 1550. The minimum atomic E-state index is -4.40. The van der Waals surface area contributed by atoms with E-state index in [1.54, 1.807) is 44.3 Å². The van der Waals surface area contributed by atoms with Gasteiger partial charge in [0.25, 0.3) is 0 Å². The average Bonchev–Trinajstić information content (AvgIpc) is 3.35. The topological polar surface area (TPSA) is 89.2 Å². The molecule has 0 unspecified atom stereocenters. The van der Waals surface area contributed by atoms with Crippen LogP contribution < -0.4 is 10.6 Å². The van der Waals surface area contributed by atoms with E-state index in [4.69, 9.17) is 0 Å². The molecule has 4 rings (SSSR count). The second-order valence-corrected chi connectivity index (χ2v) is 11.9. The van der Waals surface area contributed by atoms with Crippen molar-refractivity contribution < 1.29 is 18.0 Å². The third kappa shape index (κ3) is 9.23. The Morgan fingerprint density at radius 2 is 1.84 bits per heavy atom. The molecule has 0 bridgehead atoms. The van der Waals surface area contributed by atoms with Crippen LogP contribution in [0, 0.1) is 23.2 Å². The molecule has 1 aliphatic rings. The van der Waals surface area contributed by atoms with E-state index in [9.17, 15) is 23.2 Å². The molecule has 1 aliphatic heterocycles. The molecule has 0 radical (unpaired) electrons. The molecule has 0 atom stereocenters. The van der Waals surface area contributed by atoms with Gasteiger partial charge < -0.3 is 20.1 Å². The first-order valence-electron chi connectivity index (χ1n) is 15.5. The van der Waals surface area contributed by atoms with Crippen LogP contribution in [0.25, 0.3) is 10.9 Å². The Morgan fingerprint density at radius 3 is 2.47 bits per heavy atom. The van der Waals surface area contributed by atoms with Gasteiger partial charge in [-0.3, -0.25) is 14.7 Å². The predicted molar refractivity (Wildman–Crippen MR) is 170 cm³/mol. The number of nitrogens with zero attached hydrogens (tertiary/aromatic N) is 5. The van der Waals surface area contributed by atoms with E-state index in [-0.39, 0.29) is 18.5 Å². The smallest absolute Gasteiger partial charge is 0.373 e. The highest BCUT2D eigenvalue weighted by molar-refractivity contribution is 5.83.